The van der Waals surface area contributed by atoms with Gasteiger partial charge in [-0.2, -0.15) is 0 Å². The third kappa shape index (κ3) is 4.22. The van der Waals surface area contributed by atoms with E-state index >= 15 is 0 Å². The summed E-state index contributed by atoms with van der Waals surface area (Å²) in [6.45, 7) is 18.0. The molecule has 146 valence electrons. The third-order valence-corrected chi connectivity index (χ3v) is 5.70. The first-order valence-electron chi connectivity index (χ1n) is 10.3. The van der Waals surface area contributed by atoms with Gasteiger partial charge >= 0.3 is 0 Å². The highest BCUT2D eigenvalue weighted by atomic mass is 14.2. The Labute approximate surface area is 171 Å². The minimum Gasteiger partial charge on any atom is -0.0579 e. The number of hydrogen-bond donors (Lipinski definition) is 0. The summed E-state index contributed by atoms with van der Waals surface area (Å²) in [5, 5.41) is 0. The fourth-order valence-electron chi connectivity index (χ4n) is 3.74. The van der Waals surface area contributed by atoms with Gasteiger partial charge in [0.05, 0.1) is 0 Å². The molecule has 0 atom stereocenters. The molecule has 0 amide bonds. The molecule has 0 bridgehead atoms. The van der Waals surface area contributed by atoms with Crippen LogP contribution in [0.5, 0.6) is 0 Å². The van der Waals surface area contributed by atoms with Crippen molar-refractivity contribution in [2.75, 3.05) is 0 Å². The van der Waals surface area contributed by atoms with E-state index in [0.717, 1.165) is 0 Å². The van der Waals surface area contributed by atoms with Gasteiger partial charge in [0.15, 0.2) is 0 Å². The lowest BCUT2D eigenvalue weighted by molar-refractivity contribution is 0.590. The van der Waals surface area contributed by atoms with E-state index in [2.05, 4.69) is 116 Å². The first kappa shape index (κ1) is 20.4. The van der Waals surface area contributed by atoms with E-state index in [1.54, 1.807) is 0 Å². The quantitative estimate of drug-likeness (QED) is 0.426. The summed E-state index contributed by atoms with van der Waals surface area (Å²) in [6, 6.07) is 22.8. The number of benzene rings is 3. The van der Waals surface area contributed by atoms with Gasteiger partial charge in [0, 0.05) is 0 Å². The fraction of sp³-hybridized carbons (Fsp3) is 0.357. The van der Waals surface area contributed by atoms with Gasteiger partial charge in [-0.05, 0) is 69.2 Å². The topological polar surface area (TPSA) is 0 Å². The van der Waals surface area contributed by atoms with Crippen molar-refractivity contribution in [3.8, 4) is 22.3 Å². The second kappa shape index (κ2) is 7.24. The molecule has 0 aliphatic heterocycles. The Balaban J connectivity index is 1.97. The Hall–Kier alpha value is -2.34. The van der Waals surface area contributed by atoms with Gasteiger partial charge < -0.3 is 0 Å². The highest BCUT2D eigenvalue weighted by Gasteiger charge is 2.15. The predicted octanol–water partition coefficient (Wildman–Crippen LogP) is 8.23. The Bertz CT molecular complexity index is 874. The summed E-state index contributed by atoms with van der Waals surface area (Å²) in [4.78, 5) is 0. The molecular formula is C28H34. The molecule has 0 saturated heterocycles. The molecule has 0 radical (unpaired) electrons. The Morgan fingerprint density at radius 2 is 0.750 bits per heavy atom. The average Bonchev–Trinajstić information content (AvgIpc) is 2.62. The zero-order valence-corrected chi connectivity index (χ0v) is 18.8. The van der Waals surface area contributed by atoms with E-state index in [1.807, 2.05) is 0 Å². The maximum Gasteiger partial charge on any atom is -0.0132 e. The molecule has 0 saturated carbocycles. The standard InChI is InChI=1S/C28H34/c1-19-17-26(22-11-15-24(16-12-22)28(6,7)8)20(2)18-25(19)21-9-13-23(14-10-21)27(3,4)5/h9-18H,1-8H3. The number of aryl methyl sites for hydroxylation is 2. The van der Waals surface area contributed by atoms with Crippen molar-refractivity contribution >= 4 is 0 Å². The maximum atomic E-state index is 2.34. The van der Waals surface area contributed by atoms with E-state index in [9.17, 15) is 0 Å². The van der Waals surface area contributed by atoms with Crippen LogP contribution in [0.1, 0.15) is 63.8 Å². The van der Waals surface area contributed by atoms with Crippen molar-refractivity contribution in [3.05, 3.63) is 82.9 Å². The van der Waals surface area contributed by atoms with Gasteiger partial charge in [-0.25, -0.2) is 0 Å². The van der Waals surface area contributed by atoms with Crippen molar-refractivity contribution in [3.63, 3.8) is 0 Å². The zero-order chi connectivity index (χ0) is 20.7. The van der Waals surface area contributed by atoms with Crippen LogP contribution in [0.15, 0.2) is 60.7 Å². The van der Waals surface area contributed by atoms with E-state index in [-0.39, 0.29) is 10.8 Å². The van der Waals surface area contributed by atoms with Crippen molar-refractivity contribution in [1.82, 2.24) is 0 Å². The summed E-state index contributed by atoms with van der Waals surface area (Å²) < 4.78 is 0. The Morgan fingerprint density at radius 3 is 1.00 bits per heavy atom. The van der Waals surface area contributed by atoms with Gasteiger partial charge in [0.2, 0.25) is 0 Å². The molecule has 3 aromatic carbocycles. The highest BCUT2D eigenvalue weighted by molar-refractivity contribution is 5.76. The molecule has 0 N–H and O–H groups in total. The van der Waals surface area contributed by atoms with Gasteiger partial charge in [0.1, 0.15) is 0 Å². The fourth-order valence-corrected chi connectivity index (χ4v) is 3.74. The van der Waals surface area contributed by atoms with E-state index in [1.165, 1.54) is 44.5 Å². The Morgan fingerprint density at radius 1 is 0.464 bits per heavy atom. The van der Waals surface area contributed by atoms with Gasteiger partial charge in [-0.3, -0.25) is 0 Å². The lowest BCUT2D eigenvalue weighted by atomic mass is 9.84. The van der Waals surface area contributed by atoms with Crippen LogP contribution >= 0.6 is 0 Å². The molecule has 3 aromatic rings. The second-order valence-electron chi connectivity index (χ2n) is 10.1. The molecule has 28 heavy (non-hydrogen) atoms. The minimum absolute atomic E-state index is 0.187. The largest absolute Gasteiger partial charge is 0.0579 e. The average molecular weight is 371 g/mol. The minimum atomic E-state index is 0.187. The third-order valence-electron chi connectivity index (χ3n) is 5.70. The maximum absolute atomic E-state index is 2.34. The van der Waals surface area contributed by atoms with Gasteiger partial charge in [-0.1, -0.05) is 102 Å². The molecule has 0 heterocycles. The molecule has 0 aliphatic carbocycles. The summed E-state index contributed by atoms with van der Waals surface area (Å²) in [6.07, 6.45) is 0. The molecular weight excluding hydrogens is 336 g/mol. The molecule has 0 fully saturated rings. The predicted molar refractivity (Wildman–Crippen MR) is 124 cm³/mol. The first-order chi connectivity index (χ1) is 13.0. The molecule has 0 aromatic heterocycles. The highest BCUT2D eigenvalue weighted by Crippen LogP contribution is 2.34. The van der Waals surface area contributed by atoms with E-state index in [0.29, 0.717) is 0 Å². The van der Waals surface area contributed by atoms with Crippen molar-refractivity contribution in [2.45, 2.75) is 66.2 Å². The van der Waals surface area contributed by atoms with Crippen LogP contribution in [0.3, 0.4) is 0 Å². The molecule has 0 aliphatic rings. The van der Waals surface area contributed by atoms with Crippen LogP contribution < -0.4 is 0 Å². The SMILES string of the molecule is Cc1cc(-c2ccc(C(C)(C)C)cc2)c(C)cc1-c1ccc(C(C)(C)C)cc1. The Kier molecular flexibility index (Phi) is 5.28. The van der Waals surface area contributed by atoms with Crippen molar-refractivity contribution in [2.24, 2.45) is 0 Å². The lowest BCUT2D eigenvalue weighted by Crippen LogP contribution is -2.10. The van der Waals surface area contributed by atoms with Crippen LogP contribution in [0.25, 0.3) is 22.3 Å². The molecule has 0 heteroatoms. The molecule has 3 rings (SSSR count). The van der Waals surface area contributed by atoms with E-state index < -0.39 is 0 Å². The van der Waals surface area contributed by atoms with Crippen molar-refractivity contribution in [1.29, 1.82) is 0 Å². The number of rotatable bonds is 2. The summed E-state index contributed by atoms with van der Waals surface area (Å²) in [5.41, 5.74) is 11.0. The van der Waals surface area contributed by atoms with Crippen LogP contribution in [-0.2, 0) is 10.8 Å². The van der Waals surface area contributed by atoms with Gasteiger partial charge in [0.25, 0.3) is 0 Å². The molecule has 0 spiro atoms. The van der Waals surface area contributed by atoms with Crippen LogP contribution in [0, 0.1) is 13.8 Å². The summed E-state index contributed by atoms with van der Waals surface area (Å²) in [7, 11) is 0. The normalized spacial score (nSPS) is 12.3. The van der Waals surface area contributed by atoms with Crippen LogP contribution in [-0.4, -0.2) is 0 Å². The van der Waals surface area contributed by atoms with E-state index in [4.69, 9.17) is 0 Å². The summed E-state index contributed by atoms with van der Waals surface area (Å²) >= 11 is 0. The molecule has 0 nitrogen and oxygen atoms in total. The molecule has 0 unspecified atom stereocenters. The monoisotopic (exact) mass is 370 g/mol. The lowest BCUT2D eigenvalue weighted by Gasteiger charge is -2.20. The van der Waals surface area contributed by atoms with Crippen molar-refractivity contribution < 1.29 is 0 Å². The van der Waals surface area contributed by atoms with Crippen LogP contribution in [0.4, 0.5) is 0 Å². The second-order valence-corrected chi connectivity index (χ2v) is 10.1. The first-order valence-corrected chi connectivity index (χ1v) is 10.3. The van der Waals surface area contributed by atoms with Gasteiger partial charge in [-0.15, -0.1) is 0 Å². The smallest absolute Gasteiger partial charge is 0.0132 e. The number of hydrogen-bond acceptors (Lipinski definition) is 0. The van der Waals surface area contributed by atoms with Crippen LogP contribution in [0.2, 0.25) is 0 Å². The summed E-state index contributed by atoms with van der Waals surface area (Å²) in [5.74, 6) is 0. The zero-order valence-electron chi connectivity index (χ0n) is 18.8.